The van der Waals surface area contributed by atoms with Gasteiger partial charge in [-0.3, -0.25) is 4.90 Å². The Morgan fingerprint density at radius 1 is 0.976 bits per heavy atom. The molecule has 0 aliphatic carbocycles. The highest BCUT2D eigenvalue weighted by atomic mass is 19.4. The number of nitrogens with two attached hydrogens (primary N) is 1. The van der Waals surface area contributed by atoms with Gasteiger partial charge in [0.15, 0.2) is 0 Å². The van der Waals surface area contributed by atoms with Gasteiger partial charge >= 0.3 is 12.2 Å². The minimum Gasteiger partial charge on any atom is -0.439 e. The van der Waals surface area contributed by atoms with E-state index in [-0.39, 0.29) is 17.8 Å². The van der Waals surface area contributed by atoms with Crippen molar-refractivity contribution in [3.8, 4) is 11.6 Å². The summed E-state index contributed by atoms with van der Waals surface area (Å²) in [4.78, 5) is 25.0. The zero-order chi connectivity index (χ0) is 29.2. The predicted molar refractivity (Wildman–Crippen MR) is 152 cm³/mol. The molecule has 2 aromatic carbocycles. The third-order valence-corrected chi connectivity index (χ3v) is 6.64. The van der Waals surface area contributed by atoms with E-state index in [4.69, 9.17) is 10.5 Å². The molecule has 0 spiro atoms. The lowest BCUT2D eigenvalue weighted by atomic mass is 10.0. The molecule has 220 valence electrons. The lowest BCUT2D eigenvalue weighted by Gasteiger charge is -2.34. The van der Waals surface area contributed by atoms with Crippen molar-refractivity contribution in [2.45, 2.75) is 26.1 Å². The van der Waals surface area contributed by atoms with Crippen molar-refractivity contribution < 1.29 is 22.7 Å². The van der Waals surface area contributed by atoms with Gasteiger partial charge in [0.25, 0.3) is 0 Å². The highest BCUT2D eigenvalue weighted by Crippen LogP contribution is 2.34. The Hall–Kier alpha value is -3.94. The third-order valence-electron chi connectivity index (χ3n) is 6.64. The molecule has 2 heterocycles. The maximum Gasteiger partial charge on any atom is 0.416 e. The van der Waals surface area contributed by atoms with Gasteiger partial charge in [-0.05, 0) is 61.5 Å². The van der Waals surface area contributed by atoms with Crippen LogP contribution in [0.15, 0.2) is 54.9 Å². The molecule has 1 aromatic heterocycles. The number of carbonyl (C=O) groups is 1. The largest absolute Gasteiger partial charge is 0.439 e. The zero-order valence-electron chi connectivity index (χ0n) is 22.9. The maximum atomic E-state index is 13.9. The third kappa shape index (κ3) is 9.03. The first-order chi connectivity index (χ1) is 19.7. The van der Waals surface area contributed by atoms with E-state index >= 15 is 0 Å². The summed E-state index contributed by atoms with van der Waals surface area (Å²) >= 11 is 0. The molecule has 4 rings (SSSR count). The Bertz CT molecular complexity index is 1280. The summed E-state index contributed by atoms with van der Waals surface area (Å²) < 4.78 is 47.4. The van der Waals surface area contributed by atoms with Gasteiger partial charge < -0.3 is 31.3 Å². The number of aromatic nitrogens is 2. The Labute approximate surface area is 237 Å². The number of hydrogen-bond donors (Lipinski definition) is 4. The average molecular weight is 573 g/mol. The first kappa shape index (κ1) is 30.0. The van der Waals surface area contributed by atoms with E-state index < -0.39 is 17.8 Å². The number of urea groups is 1. The fourth-order valence-corrected chi connectivity index (χ4v) is 4.39. The Kier molecular flexibility index (Phi) is 10.3. The maximum absolute atomic E-state index is 13.9. The lowest BCUT2D eigenvalue weighted by molar-refractivity contribution is -0.138. The second kappa shape index (κ2) is 14.1. The number of piperazine rings is 1. The second-order valence-electron chi connectivity index (χ2n) is 9.60. The summed E-state index contributed by atoms with van der Waals surface area (Å²) in [6, 6.07) is 11.4. The summed E-state index contributed by atoms with van der Waals surface area (Å²) in [5, 5.41) is 8.24. The molecule has 1 aliphatic heterocycles. The first-order valence-electron chi connectivity index (χ1n) is 13.5. The summed E-state index contributed by atoms with van der Waals surface area (Å²) in [7, 11) is 0. The molecule has 0 bridgehead atoms. The first-order valence-corrected chi connectivity index (χ1v) is 13.5. The predicted octanol–water partition coefficient (Wildman–Crippen LogP) is 4.83. The number of nitrogens with one attached hydrogen (secondary N) is 3. The standard InChI is InChI=1S/C28H35F3N8O2/c1-2-38-12-14-39(15-13-38)18-20-4-5-22(16-24(20)28(29,30)31)37-27(40)36-21-6-8-23(9-7-21)41-26-17-25(34-19-35-26)33-11-3-10-32/h4-9,16-17,19H,2-3,10-15,18,32H2,1H3,(H,33,34,35)(H2,36,37,40). The van der Waals surface area contributed by atoms with E-state index in [1.165, 1.54) is 18.5 Å². The van der Waals surface area contributed by atoms with Crippen molar-refractivity contribution >= 4 is 23.2 Å². The summed E-state index contributed by atoms with van der Waals surface area (Å²) in [5.74, 6) is 1.42. The number of benzene rings is 2. The van der Waals surface area contributed by atoms with Gasteiger partial charge in [-0.15, -0.1) is 0 Å². The topological polar surface area (TPSA) is 121 Å². The summed E-state index contributed by atoms with van der Waals surface area (Å²) in [6.45, 7) is 7.54. The summed E-state index contributed by atoms with van der Waals surface area (Å²) in [5.41, 5.74) is 5.41. The Morgan fingerprint density at radius 2 is 1.66 bits per heavy atom. The Morgan fingerprint density at radius 3 is 2.34 bits per heavy atom. The molecule has 3 aromatic rings. The second-order valence-corrected chi connectivity index (χ2v) is 9.60. The number of anilines is 3. The van der Waals surface area contributed by atoms with Crippen molar-refractivity contribution in [3.63, 3.8) is 0 Å². The normalized spacial score (nSPS) is 14.5. The number of halogens is 3. The highest BCUT2D eigenvalue weighted by Gasteiger charge is 2.34. The average Bonchev–Trinajstić information content (AvgIpc) is 2.95. The molecule has 0 saturated carbocycles. The molecule has 5 N–H and O–H groups in total. The molecule has 0 radical (unpaired) electrons. The van der Waals surface area contributed by atoms with Crippen LogP contribution >= 0.6 is 0 Å². The molecule has 0 unspecified atom stereocenters. The SMILES string of the molecule is CCN1CCN(Cc2ccc(NC(=O)Nc3ccc(Oc4cc(NCCCN)ncn4)cc3)cc2C(F)(F)F)CC1. The van der Waals surface area contributed by atoms with Crippen LogP contribution in [0.25, 0.3) is 0 Å². The number of rotatable bonds is 11. The van der Waals surface area contributed by atoms with Gasteiger partial charge in [0.05, 0.1) is 5.56 Å². The van der Waals surface area contributed by atoms with E-state index in [0.29, 0.717) is 49.3 Å². The van der Waals surface area contributed by atoms with Gasteiger partial charge in [-0.25, -0.2) is 14.8 Å². The molecule has 1 aliphatic rings. The number of amides is 2. The molecule has 1 saturated heterocycles. The molecule has 41 heavy (non-hydrogen) atoms. The van der Waals surface area contributed by atoms with E-state index in [0.717, 1.165) is 32.1 Å². The van der Waals surface area contributed by atoms with Crippen LogP contribution in [0.3, 0.4) is 0 Å². The monoisotopic (exact) mass is 572 g/mol. The summed E-state index contributed by atoms with van der Waals surface area (Å²) in [6.07, 6.45) is -2.37. The van der Waals surface area contributed by atoms with Gasteiger partial charge in [0.2, 0.25) is 5.88 Å². The molecule has 0 atom stereocenters. The van der Waals surface area contributed by atoms with Crippen LogP contribution in [0.4, 0.5) is 35.2 Å². The molecule has 10 nitrogen and oxygen atoms in total. The van der Waals surface area contributed by atoms with Gasteiger partial charge in [-0.1, -0.05) is 13.0 Å². The molecule has 2 amide bonds. The smallest absolute Gasteiger partial charge is 0.416 e. The van der Waals surface area contributed by atoms with E-state index in [1.54, 1.807) is 30.3 Å². The minimum atomic E-state index is -4.55. The number of hydrogen-bond acceptors (Lipinski definition) is 8. The van der Waals surface area contributed by atoms with Crippen LogP contribution in [0, 0.1) is 0 Å². The van der Waals surface area contributed by atoms with Gasteiger partial charge in [-0.2, -0.15) is 13.2 Å². The molecular formula is C28H35F3N8O2. The van der Waals surface area contributed by atoms with E-state index in [2.05, 4.69) is 37.7 Å². The number of carbonyl (C=O) groups excluding carboxylic acids is 1. The Balaban J connectivity index is 1.33. The van der Waals surface area contributed by atoms with Crippen LogP contribution in [0.5, 0.6) is 11.6 Å². The molecular weight excluding hydrogens is 537 g/mol. The van der Waals surface area contributed by atoms with Gasteiger partial charge in [0, 0.05) is 56.7 Å². The highest BCUT2D eigenvalue weighted by molar-refractivity contribution is 5.99. The van der Waals surface area contributed by atoms with Crippen molar-refractivity contribution in [1.29, 1.82) is 0 Å². The van der Waals surface area contributed by atoms with Crippen molar-refractivity contribution in [1.82, 2.24) is 19.8 Å². The van der Waals surface area contributed by atoms with Crippen LogP contribution < -0.4 is 26.4 Å². The van der Waals surface area contributed by atoms with Crippen molar-refractivity contribution in [2.75, 3.05) is 61.8 Å². The number of ether oxygens (including phenoxy) is 1. The quantitative estimate of drug-likeness (QED) is 0.241. The van der Waals surface area contributed by atoms with E-state index in [1.807, 2.05) is 4.90 Å². The van der Waals surface area contributed by atoms with E-state index in [9.17, 15) is 18.0 Å². The van der Waals surface area contributed by atoms with Crippen LogP contribution in [0.1, 0.15) is 24.5 Å². The lowest BCUT2D eigenvalue weighted by Crippen LogP contribution is -2.45. The molecule has 13 heteroatoms. The van der Waals surface area contributed by atoms with Crippen LogP contribution in [-0.2, 0) is 12.7 Å². The van der Waals surface area contributed by atoms with Crippen molar-refractivity contribution in [2.24, 2.45) is 5.73 Å². The molecule has 1 fully saturated rings. The van der Waals surface area contributed by atoms with Crippen molar-refractivity contribution in [3.05, 3.63) is 66.0 Å². The zero-order valence-corrected chi connectivity index (χ0v) is 22.9. The fourth-order valence-electron chi connectivity index (χ4n) is 4.39. The minimum absolute atomic E-state index is 0.0500. The number of alkyl halides is 3. The number of likely N-dealkylation sites (N-methyl/N-ethyl adjacent to an activating group) is 1. The van der Waals surface area contributed by atoms with Crippen LogP contribution in [-0.4, -0.2) is 71.6 Å². The number of nitrogens with zero attached hydrogens (tertiary/aromatic N) is 4. The fraction of sp³-hybridized carbons (Fsp3) is 0.393. The van der Waals surface area contributed by atoms with Gasteiger partial charge in [0.1, 0.15) is 17.9 Å². The van der Waals surface area contributed by atoms with Crippen LogP contribution in [0.2, 0.25) is 0 Å².